The number of aryl methyl sites for hydroxylation is 1. The molecule has 0 bridgehead atoms. The number of thiazole rings is 1. The molecule has 3 rings (SSSR count). The van der Waals surface area contributed by atoms with E-state index in [2.05, 4.69) is 15.4 Å². The molecular weight excluding hydrogens is 355 g/mol. The summed E-state index contributed by atoms with van der Waals surface area (Å²) in [4.78, 5) is 29.2. The Morgan fingerprint density at radius 3 is 2.54 bits per heavy atom. The normalized spacial score (nSPS) is 11.7. The number of hydrogen-bond acceptors (Lipinski definition) is 5. The monoisotopic (exact) mass is 374 g/mol. The summed E-state index contributed by atoms with van der Waals surface area (Å²) in [6, 6.07) is 5.85. The highest BCUT2D eigenvalue weighted by atomic mass is 32.1. The van der Waals surface area contributed by atoms with Gasteiger partial charge >= 0.3 is 0 Å². The summed E-state index contributed by atoms with van der Waals surface area (Å²) in [5, 5.41) is 7.91. The van der Waals surface area contributed by atoms with Crippen LogP contribution in [-0.2, 0) is 11.3 Å². The van der Waals surface area contributed by atoms with Gasteiger partial charge in [-0.05, 0) is 52.0 Å². The number of amides is 1. The Labute approximate surface area is 153 Å². The smallest absolute Gasteiger partial charge is 0.294 e. The summed E-state index contributed by atoms with van der Waals surface area (Å²) >= 11 is 1.35. The fraction of sp³-hybridized carbons (Fsp3) is 0.333. The lowest BCUT2D eigenvalue weighted by atomic mass is 10.1. The second-order valence-electron chi connectivity index (χ2n) is 7.03. The zero-order valence-electron chi connectivity index (χ0n) is 15.0. The fourth-order valence-electron chi connectivity index (χ4n) is 2.56. The maximum Gasteiger partial charge on any atom is 0.294 e. The topological polar surface area (TPSA) is 76.9 Å². The molecule has 0 radical (unpaired) electrons. The van der Waals surface area contributed by atoms with Crippen LogP contribution in [0.2, 0.25) is 0 Å². The Kier molecular flexibility index (Phi) is 4.62. The average molecular weight is 374 g/mol. The molecule has 2 heterocycles. The number of nitrogens with one attached hydrogen (secondary N) is 1. The molecule has 3 aromatic rings. The van der Waals surface area contributed by atoms with Gasteiger partial charge in [0.15, 0.2) is 5.52 Å². The van der Waals surface area contributed by atoms with Gasteiger partial charge < -0.3 is 5.32 Å². The third-order valence-corrected chi connectivity index (χ3v) is 4.51. The predicted molar refractivity (Wildman–Crippen MR) is 99.7 cm³/mol. The van der Waals surface area contributed by atoms with Crippen LogP contribution in [0.5, 0.6) is 0 Å². The SMILES string of the molecule is Cc1nc2c(=O)n(CC(=O)NC(C)(C)C)nc(-c3ccc(F)cc3)c2s1. The summed E-state index contributed by atoms with van der Waals surface area (Å²) in [5.74, 6) is -0.674. The lowest BCUT2D eigenvalue weighted by molar-refractivity contribution is -0.123. The van der Waals surface area contributed by atoms with Crippen LogP contribution in [-0.4, -0.2) is 26.2 Å². The number of halogens is 1. The maximum atomic E-state index is 13.3. The first-order valence-electron chi connectivity index (χ1n) is 8.09. The molecule has 8 heteroatoms. The second-order valence-corrected chi connectivity index (χ2v) is 8.23. The van der Waals surface area contributed by atoms with E-state index in [0.29, 0.717) is 16.0 Å². The molecule has 0 aliphatic heterocycles. The Morgan fingerprint density at radius 1 is 1.27 bits per heavy atom. The van der Waals surface area contributed by atoms with Crippen molar-refractivity contribution >= 4 is 27.5 Å². The van der Waals surface area contributed by atoms with Crippen molar-refractivity contribution in [1.82, 2.24) is 20.1 Å². The van der Waals surface area contributed by atoms with Gasteiger partial charge in [-0.2, -0.15) is 5.10 Å². The maximum absolute atomic E-state index is 13.3. The van der Waals surface area contributed by atoms with E-state index in [4.69, 9.17) is 0 Å². The van der Waals surface area contributed by atoms with Crippen molar-refractivity contribution in [1.29, 1.82) is 0 Å². The van der Waals surface area contributed by atoms with Crippen LogP contribution >= 0.6 is 11.3 Å². The van der Waals surface area contributed by atoms with Crippen molar-refractivity contribution in [2.24, 2.45) is 0 Å². The van der Waals surface area contributed by atoms with Gasteiger partial charge in [0.05, 0.1) is 9.71 Å². The highest BCUT2D eigenvalue weighted by molar-refractivity contribution is 7.19. The van der Waals surface area contributed by atoms with Gasteiger partial charge in [-0.25, -0.2) is 14.1 Å². The third kappa shape index (κ3) is 3.80. The van der Waals surface area contributed by atoms with Gasteiger partial charge in [-0.1, -0.05) is 0 Å². The molecule has 0 fully saturated rings. The van der Waals surface area contributed by atoms with Crippen LogP contribution in [0, 0.1) is 12.7 Å². The van der Waals surface area contributed by atoms with E-state index in [1.807, 2.05) is 20.8 Å². The molecule has 0 saturated carbocycles. The van der Waals surface area contributed by atoms with Gasteiger partial charge in [0.2, 0.25) is 5.91 Å². The number of hydrogen-bond donors (Lipinski definition) is 1. The summed E-state index contributed by atoms with van der Waals surface area (Å²) in [6.45, 7) is 7.17. The molecule has 6 nitrogen and oxygen atoms in total. The van der Waals surface area contributed by atoms with Crippen LogP contribution < -0.4 is 10.9 Å². The number of fused-ring (bicyclic) bond motifs is 1. The van der Waals surface area contributed by atoms with Gasteiger partial charge in [0.25, 0.3) is 5.56 Å². The number of rotatable bonds is 3. The second kappa shape index (κ2) is 6.60. The summed E-state index contributed by atoms with van der Waals surface area (Å²) in [5.41, 5.74) is 0.602. The standard InChI is InChI=1S/C18H19FN4O2S/c1-10-20-15-16(26-10)14(11-5-7-12(19)8-6-11)22-23(17(15)25)9-13(24)21-18(2,3)4/h5-8H,9H2,1-4H3,(H,21,24). The van der Waals surface area contributed by atoms with E-state index in [-0.39, 0.29) is 23.8 Å². The van der Waals surface area contributed by atoms with Crippen LogP contribution in [0.25, 0.3) is 21.5 Å². The van der Waals surface area contributed by atoms with Crippen LogP contribution in [0.3, 0.4) is 0 Å². The number of aromatic nitrogens is 3. The molecular formula is C18H19FN4O2S. The number of carbonyl (C=O) groups is 1. The lowest BCUT2D eigenvalue weighted by Gasteiger charge is -2.20. The van der Waals surface area contributed by atoms with Gasteiger partial charge in [-0.15, -0.1) is 11.3 Å². The number of benzene rings is 1. The Morgan fingerprint density at radius 2 is 1.92 bits per heavy atom. The first-order valence-corrected chi connectivity index (χ1v) is 8.91. The molecule has 0 spiro atoms. The molecule has 1 amide bonds. The molecule has 136 valence electrons. The Balaban J connectivity index is 2.12. The molecule has 0 atom stereocenters. The summed E-state index contributed by atoms with van der Waals surface area (Å²) in [6.07, 6.45) is 0. The van der Waals surface area contributed by atoms with Crippen LogP contribution in [0.15, 0.2) is 29.1 Å². The van der Waals surface area contributed by atoms with Gasteiger partial charge in [0.1, 0.15) is 18.1 Å². The van der Waals surface area contributed by atoms with E-state index >= 15 is 0 Å². The van der Waals surface area contributed by atoms with E-state index in [1.54, 1.807) is 19.1 Å². The van der Waals surface area contributed by atoms with Crippen molar-refractivity contribution in [3.8, 4) is 11.3 Å². The van der Waals surface area contributed by atoms with E-state index in [1.165, 1.54) is 23.5 Å². The minimum Gasteiger partial charge on any atom is -0.350 e. The Bertz CT molecular complexity index is 1030. The van der Waals surface area contributed by atoms with Crippen molar-refractivity contribution in [3.05, 3.63) is 45.4 Å². The largest absolute Gasteiger partial charge is 0.350 e. The highest BCUT2D eigenvalue weighted by Crippen LogP contribution is 2.29. The van der Waals surface area contributed by atoms with Crippen molar-refractivity contribution in [3.63, 3.8) is 0 Å². The number of nitrogens with zero attached hydrogens (tertiary/aromatic N) is 3. The molecule has 2 aromatic heterocycles. The molecule has 1 aromatic carbocycles. The van der Waals surface area contributed by atoms with Crippen molar-refractivity contribution in [2.45, 2.75) is 39.8 Å². The van der Waals surface area contributed by atoms with Crippen LogP contribution in [0.4, 0.5) is 4.39 Å². The third-order valence-electron chi connectivity index (χ3n) is 3.53. The van der Waals surface area contributed by atoms with Crippen molar-refractivity contribution in [2.75, 3.05) is 0 Å². The quantitative estimate of drug-likeness (QED) is 0.765. The van der Waals surface area contributed by atoms with E-state index < -0.39 is 11.1 Å². The lowest BCUT2D eigenvalue weighted by Crippen LogP contribution is -2.44. The van der Waals surface area contributed by atoms with Gasteiger partial charge in [-0.3, -0.25) is 9.59 Å². The molecule has 1 N–H and O–H groups in total. The molecule has 0 aliphatic rings. The molecule has 0 saturated heterocycles. The zero-order valence-corrected chi connectivity index (χ0v) is 15.8. The van der Waals surface area contributed by atoms with E-state index in [9.17, 15) is 14.0 Å². The molecule has 26 heavy (non-hydrogen) atoms. The predicted octanol–water partition coefficient (Wildman–Crippen LogP) is 2.88. The number of carbonyl (C=O) groups excluding carboxylic acids is 1. The van der Waals surface area contributed by atoms with Crippen molar-refractivity contribution < 1.29 is 9.18 Å². The summed E-state index contributed by atoms with van der Waals surface area (Å²) in [7, 11) is 0. The zero-order chi connectivity index (χ0) is 19.1. The average Bonchev–Trinajstić information content (AvgIpc) is 2.91. The molecule has 0 unspecified atom stereocenters. The van der Waals surface area contributed by atoms with Gasteiger partial charge in [0, 0.05) is 11.1 Å². The fourth-order valence-corrected chi connectivity index (χ4v) is 3.48. The first kappa shape index (κ1) is 18.2. The Hall–Kier alpha value is -2.61. The first-order chi connectivity index (χ1) is 12.1. The summed E-state index contributed by atoms with van der Waals surface area (Å²) < 4.78 is 15.0. The minimum atomic E-state index is -0.417. The highest BCUT2D eigenvalue weighted by Gasteiger charge is 2.19. The minimum absolute atomic E-state index is 0.211. The van der Waals surface area contributed by atoms with E-state index in [0.717, 1.165) is 9.69 Å². The van der Waals surface area contributed by atoms with Crippen LogP contribution in [0.1, 0.15) is 25.8 Å². The molecule has 0 aliphatic carbocycles.